The molecule has 2 aromatic rings. The van der Waals surface area contributed by atoms with Gasteiger partial charge in [-0.05, 0) is 53.2 Å². The number of esters is 1. The Kier molecular flexibility index (Phi) is 5.05. The van der Waals surface area contributed by atoms with Crippen molar-refractivity contribution in [3.63, 3.8) is 0 Å². The number of fused-ring (bicyclic) bond motifs is 1. The molecule has 0 N–H and O–H groups in total. The molecule has 124 valence electrons. The molecule has 1 heterocycles. The van der Waals surface area contributed by atoms with Gasteiger partial charge in [0.1, 0.15) is 0 Å². The number of benzene rings is 1. The van der Waals surface area contributed by atoms with Gasteiger partial charge in [-0.25, -0.2) is 4.79 Å². The predicted molar refractivity (Wildman–Crippen MR) is 91.4 cm³/mol. The SMILES string of the molecule is CCOC(=O)[C@@H](OC(C)(C)C)c1c(C)nc2ccccc2c1C. The van der Waals surface area contributed by atoms with Gasteiger partial charge < -0.3 is 9.47 Å². The molecule has 2 rings (SSSR count). The van der Waals surface area contributed by atoms with Crippen LogP contribution in [-0.4, -0.2) is 23.2 Å². The van der Waals surface area contributed by atoms with Gasteiger partial charge in [0, 0.05) is 16.6 Å². The summed E-state index contributed by atoms with van der Waals surface area (Å²) in [5.74, 6) is -0.370. The van der Waals surface area contributed by atoms with E-state index in [2.05, 4.69) is 4.98 Å². The first-order valence-electron chi connectivity index (χ1n) is 7.95. The number of para-hydroxylation sites is 1. The molecule has 0 fully saturated rings. The molecule has 0 amide bonds. The predicted octanol–water partition coefficient (Wildman–Crippen LogP) is 4.27. The fourth-order valence-corrected chi connectivity index (χ4v) is 2.73. The van der Waals surface area contributed by atoms with E-state index < -0.39 is 11.7 Å². The van der Waals surface area contributed by atoms with Crippen LogP contribution in [0.1, 0.15) is 50.6 Å². The Balaban J connectivity index is 2.62. The highest BCUT2D eigenvalue weighted by atomic mass is 16.6. The molecule has 23 heavy (non-hydrogen) atoms. The van der Waals surface area contributed by atoms with Crippen molar-refractivity contribution in [3.05, 3.63) is 41.1 Å². The topological polar surface area (TPSA) is 48.4 Å². The molecule has 0 spiro atoms. The quantitative estimate of drug-likeness (QED) is 0.791. The van der Waals surface area contributed by atoms with Crippen molar-refractivity contribution >= 4 is 16.9 Å². The molecule has 4 nitrogen and oxygen atoms in total. The highest BCUT2D eigenvalue weighted by molar-refractivity contribution is 5.86. The van der Waals surface area contributed by atoms with E-state index in [9.17, 15) is 4.79 Å². The van der Waals surface area contributed by atoms with Crippen LogP contribution in [0, 0.1) is 13.8 Å². The Bertz CT molecular complexity index is 716. The number of rotatable bonds is 4. The van der Waals surface area contributed by atoms with Gasteiger partial charge in [-0.2, -0.15) is 0 Å². The van der Waals surface area contributed by atoms with Crippen LogP contribution in [0.2, 0.25) is 0 Å². The summed E-state index contributed by atoms with van der Waals surface area (Å²) in [7, 11) is 0. The average Bonchev–Trinajstić information content (AvgIpc) is 2.45. The summed E-state index contributed by atoms with van der Waals surface area (Å²) >= 11 is 0. The molecular formula is C19H25NO3. The number of carbonyl (C=O) groups is 1. The van der Waals surface area contributed by atoms with Crippen LogP contribution < -0.4 is 0 Å². The van der Waals surface area contributed by atoms with Gasteiger partial charge in [-0.3, -0.25) is 4.98 Å². The van der Waals surface area contributed by atoms with E-state index in [1.165, 1.54) is 0 Å². The van der Waals surface area contributed by atoms with Gasteiger partial charge in [-0.1, -0.05) is 18.2 Å². The standard InChI is InChI=1S/C19H25NO3/c1-7-22-18(21)17(23-19(4,5)6)16-12(2)14-10-8-9-11-15(14)20-13(16)3/h8-11,17H,7H2,1-6H3/t17-/m0/s1. The lowest BCUT2D eigenvalue weighted by molar-refractivity contribution is -0.167. The molecule has 0 saturated carbocycles. The van der Waals surface area contributed by atoms with Crippen molar-refractivity contribution in [2.24, 2.45) is 0 Å². The van der Waals surface area contributed by atoms with Crippen molar-refractivity contribution in [1.29, 1.82) is 0 Å². The first-order chi connectivity index (χ1) is 10.7. The van der Waals surface area contributed by atoms with Crippen molar-refractivity contribution in [2.45, 2.75) is 53.2 Å². The Morgan fingerprint density at radius 2 is 1.87 bits per heavy atom. The van der Waals surface area contributed by atoms with E-state index >= 15 is 0 Å². The van der Waals surface area contributed by atoms with Crippen molar-refractivity contribution in [3.8, 4) is 0 Å². The number of ether oxygens (including phenoxy) is 2. The van der Waals surface area contributed by atoms with Crippen LogP contribution in [0.5, 0.6) is 0 Å². The van der Waals surface area contributed by atoms with Crippen LogP contribution >= 0.6 is 0 Å². The Morgan fingerprint density at radius 3 is 2.48 bits per heavy atom. The van der Waals surface area contributed by atoms with Gasteiger partial charge >= 0.3 is 5.97 Å². The molecule has 0 saturated heterocycles. The smallest absolute Gasteiger partial charge is 0.340 e. The van der Waals surface area contributed by atoms with E-state index in [0.717, 1.165) is 27.7 Å². The third kappa shape index (κ3) is 3.88. The van der Waals surface area contributed by atoms with Crippen LogP contribution in [0.4, 0.5) is 0 Å². The molecule has 0 aliphatic rings. The number of carbonyl (C=O) groups excluding carboxylic acids is 1. The summed E-state index contributed by atoms with van der Waals surface area (Å²) in [5.41, 5.74) is 3.06. The number of hydrogen-bond acceptors (Lipinski definition) is 4. The third-order valence-corrected chi connectivity index (χ3v) is 3.62. The molecular weight excluding hydrogens is 290 g/mol. The summed E-state index contributed by atoms with van der Waals surface area (Å²) in [5, 5.41) is 1.03. The minimum absolute atomic E-state index is 0.321. The summed E-state index contributed by atoms with van der Waals surface area (Å²) in [6.45, 7) is 11.8. The molecule has 0 radical (unpaired) electrons. The van der Waals surface area contributed by atoms with Crippen LogP contribution in [0.3, 0.4) is 0 Å². The normalized spacial score (nSPS) is 13.1. The zero-order valence-electron chi connectivity index (χ0n) is 14.8. The van der Waals surface area contributed by atoms with Gasteiger partial charge in [0.25, 0.3) is 0 Å². The highest BCUT2D eigenvalue weighted by Crippen LogP contribution is 2.33. The molecule has 0 aliphatic heterocycles. The van der Waals surface area contributed by atoms with Crippen LogP contribution in [0.15, 0.2) is 24.3 Å². The molecule has 0 bridgehead atoms. The van der Waals surface area contributed by atoms with E-state index in [1.54, 1.807) is 6.92 Å². The number of hydrogen-bond donors (Lipinski definition) is 0. The third-order valence-electron chi connectivity index (χ3n) is 3.62. The van der Waals surface area contributed by atoms with E-state index in [4.69, 9.17) is 9.47 Å². The Hall–Kier alpha value is -1.94. The van der Waals surface area contributed by atoms with E-state index in [0.29, 0.717) is 6.61 Å². The second-order valence-electron chi connectivity index (χ2n) is 6.62. The summed E-state index contributed by atoms with van der Waals surface area (Å²) in [4.78, 5) is 17.1. The minimum atomic E-state index is -0.771. The van der Waals surface area contributed by atoms with Crippen molar-refractivity contribution in [2.75, 3.05) is 6.61 Å². The first-order valence-corrected chi connectivity index (χ1v) is 7.95. The van der Waals surface area contributed by atoms with E-state index in [1.807, 2.05) is 58.9 Å². The first kappa shape index (κ1) is 17.4. The molecule has 0 unspecified atom stereocenters. The van der Waals surface area contributed by atoms with Crippen LogP contribution in [0.25, 0.3) is 10.9 Å². The maximum absolute atomic E-state index is 12.5. The Morgan fingerprint density at radius 1 is 1.22 bits per heavy atom. The fraction of sp³-hybridized carbons (Fsp3) is 0.474. The average molecular weight is 315 g/mol. The maximum Gasteiger partial charge on any atom is 0.340 e. The largest absolute Gasteiger partial charge is 0.464 e. The number of nitrogens with zero attached hydrogens (tertiary/aromatic N) is 1. The Labute approximate surface area is 137 Å². The zero-order valence-corrected chi connectivity index (χ0v) is 14.8. The second-order valence-corrected chi connectivity index (χ2v) is 6.62. The zero-order chi connectivity index (χ0) is 17.2. The minimum Gasteiger partial charge on any atom is -0.464 e. The number of aromatic nitrogens is 1. The van der Waals surface area contributed by atoms with Gasteiger partial charge in [0.2, 0.25) is 0 Å². The van der Waals surface area contributed by atoms with Gasteiger partial charge in [0.05, 0.1) is 17.7 Å². The number of aryl methyl sites for hydroxylation is 2. The molecule has 1 aromatic carbocycles. The molecule has 0 aliphatic carbocycles. The lowest BCUT2D eigenvalue weighted by Crippen LogP contribution is -2.30. The lowest BCUT2D eigenvalue weighted by atomic mass is 9.97. The molecule has 1 atom stereocenters. The maximum atomic E-state index is 12.5. The van der Waals surface area contributed by atoms with Gasteiger partial charge in [-0.15, -0.1) is 0 Å². The number of pyridine rings is 1. The fourth-order valence-electron chi connectivity index (χ4n) is 2.73. The lowest BCUT2D eigenvalue weighted by Gasteiger charge is -2.28. The summed E-state index contributed by atoms with van der Waals surface area (Å²) in [6, 6.07) is 7.92. The van der Waals surface area contributed by atoms with E-state index in [-0.39, 0.29) is 5.97 Å². The summed E-state index contributed by atoms with van der Waals surface area (Å²) < 4.78 is 11.3. The molecule has 4 heteroatoms. The van der Waals surface area contributed by atoms with Crippen LogP contribution in [-0.2, 0) is 14.3 Å². The molecule has 1 aromatic heterocycles. The van der Waals surface area contributed by atoms with Crippen molar-refractivity contribution in [1.82, 2.24) is 4.98 Å². The monoisotopic (exact) mass is 315 g/mol. The van der Waals surface area contributed by atoms with Crippen molar-refractivity contribution < 1.29 is 14.3 Å². The second kappa shape index (κ2) is 6.67. The highest BCUT2D eigenvalue weighted by Gasteiger charge is 2.31. The van der Waals surface area contributed by atoms with Gasteiger partial charge in [0.15, 0.2) is 6.10 Å². The summed E-state index contributed by atoms with van der Waals surface area (Å²) in [6.07, 6.45) is -0.771.